The molecule has 1 aliphatic carbocycles. The topological polar surface area (TPSA) is 33.0 Å². The molecular weight excluding hydrogens is 486 g/mol. The average Bonchev–Trinajstić information content (AvgIpc) is 3.32. The predicted octanol–water partition coefficient (Wildman–Crippen LogP) is 9.36. The molecule has 0 bridgehead atoms. The van der Waals surface area contributed by atoms with Crippen LogP contribution in [-0.2, 0) is 5.41 Å². The second kappa shape index (κ2) is 8.56. The van der Waals surface area contributed by atoms with Gasteiger partial charge in [-0.25, -0.2) is 0 Å². The van der Waals surface area contributed by atoms with E-state index in [1.165, 1.54) is 33.4 Å². The van der Waals surface area contributed by atoms with Crippen LogP contribution in [0.4, 0.5) is 0 Å². The highest BCUT2D eigenvalue weighted by Crippen LogP contribution is 2.62. The van der Waals surface area contributed by atoms with Crippen LogP contribution in [0.5, 0.6) is 11.5 Å². The SMILES string of the molecule is N#Cc1ccc(-c2ccc(-c3ccc4c(c3)Oc3ccccc3C43c4ccccc4-c4ccccc43)cc2)cc1. The lowest BCUT2D eigenvalue weighted by atomic mass is 9.66. The summed E-state index contributed by atoms with van der Waals surface area (Å²) in [6.07, 6.45) is 0. The molecule has 2 aliphatic rings. The fraction of sp³-hybridized carbons (Fsp3) is 0.0263. The Morgan fingerprint density at radius 1 is 0.450 bits per heavy atom. The van der Waals surface area contributed by atoms with Gasteiger partial charge in [0.15, 0.2) is 0 Å². The van der Waals surface area contributed by atoms with Gasteiger partial charge in [-0.1, -0.05) is 115 Å². The Balaban J connectivity index is 1.29. The van der Waals surface area contributed by atoms with Crippen molar-refractivity contribution in [3.63, 3.8) is 0 Å². The Morgan fingerprint density at radius 3 is 1.55 bits per heavy atom. The van der Waals surface area contributed by atoms with Crippen molar-refractivity contribution >= 4 is 0 Å². The van der Waals surface area contributed by atoms with Gasteiger partial charge >= 0.3 is 0 Å². The van der Waals surface area contributed by atoms with Crippen molar-refractivity contribution in [2.24, 2.45) is 0 Å². The van der Waals surface area contributed by atoms with Gasteiger partial charge in [0.1, 0.15) is 11.5 Å². The Kier molecular flexibility index (Phi) is 4.83. The quantitative estimate of drug-likeness (QED) is 0.233. The second-order valence-electron chi connectivity index (χ2n) is 10.4. The third-order valence-electron chi connectivity index (χ3n) is 8.41. The van der Waals surface area contributed by atoms with Gasteiger partial charge in [-0.15, -0.1) is 0 Å². The van der Waals surface area contributed by atoms with E-state index in [-0.39, 0.29) is 0 Å². The number of nitrogens with zero attached hydrogens (tertiary/aromatic N) is 1. The van der Waals surface area contributed by atoms with Gasteiger partial charge in [0.25, 0.3) is 0 Å². The van der Waals surface area contributed by atoms with Gasteiger partial charge in [0.05, 0.1) is 17.0 Å². The molecule has 6 aromatic carbocycles. The lowest BCUT2D eigenvalue weighted by molar-refractivity contribution is 0.436. The maximum atomic E-state index is 9.10. The zero-order valence-electron chi connectivity index (χ0n) is 21.6. The molecule has 2 nitrogen and oxygen atoms in total. The Labute approximate surface area is 233 Å². The van der Waals surface area contributed by atoms with E-state index in [9.17, 15) is 0 Å². The van der Waals surface area contributed by atoms with E-state index in [4.69, 9.17) is 10.00 Å². The molecule has 1 aliphatic heterocycles. The number of hydrogen-bond donors (Lipinski definition) is 0. The van der Waals surface area contributed by atoms with Gasteiger partial charge in [0.2, 0.25) is 0 Å². The normalized spacial score (nSPS) is 13.4. The maximum Gasteiger partial charge on any atom is 0.132 e. The van der Waals surface area contributed by atoms with E-state index in [1.807, 2.05) is 24.3 Å². The second-order valence-corrected chi connectivity index (χ2v) is 10.4. The molecule has 0 radical (unpaired) electrons. The minimum Gasteiger partial charge on any atom is -0.457 e. The monoisotopic (exact) mass is 509 g/mol. The molecule has 8 rings (SSSR count). The number of para-hydroxylation sites is 1. The van der Waals surface area contributed by atoms with E-state index in [2.05, 4.69) is 121 Å². The van der Waals surface area contributed by atoms with Gasteiger partial charge in [-0.05, 0) is 68.8 Å². The number of ether oxygens (including phenoxy) is 1. The highest BCUT2D eigenvalue weighted by molar-refractivity contribution is 5.89. The van der Waals surface area contributed by atoms with Crippen molar-refractivity contribution in [2.75, 3.05) is 0 Å². The third kappa shape index (κ3) is 3.09. The molecule has 0 unspecified atom stereocenters. The largest absolute Gasteiger partial charge is 0.457 e. The van der Waals surface area contributed by atoms with Crippen molar-refractivity contribution in [3.05, 3.63) is 167 Å². The van der Waals surface area contributed by atoms with Crippen LogP contribution in [0.2, 0.25) is 0 Å². The molecule has 0 fully saturated rings. The predicted molar refractivity (Wildman–Crippen MR) is 159 cm³/mol. The van der Waals surface area contributed by atoms with Gasteiger partial charge in [-0.3, -0.25) is 0 Å². The number of nitriles is 1. The molecule has 6 aromatic rings. The first-order chi connectivity index (χ1) is 19.8. The maximum absolute atomic E-state index is 9.10. The first kappa shape index (κ1) is 22.6. The molecule has 1 spiro atoms. The summed E-state index contributed by atoms with van der Waals surface area (Å²) in [7, 11) is 0. The molecule has 0 saturated heterocycles. The first-order valence-corrected chi connectivity index (χ1v) is 13.5. The molecule has 40 heavy (non-hydrogen) atoms. The van der Waals surface area contributed by atoms with Crippen molar-refractivity contribution in [3.8, 4) is 50.9 Å². The third-order valence-corrected chi connectivity index (χ3v) is 8.41. The molecule has 0 saturated carbocycles. The molecule has 0 atom stereocenters. The lowest BCUT2D eigenvalue weighted by Crippen LogP contribution is -2.32. The van der Waals surface area contributed by atoms with Crippen LogP contribution in [0.25, 0.3) is 33.4 Å². The fourth-order valence-electron chi connectivity index (χ4n) is 6.63. The van der Waals surface area contributed by atoms with Crippen LogP contribution >= 0.6 is 0 Å². The summed E-state index contributed by atoms with van der Waals surface area (Å²) in [5.41, 5.74) is 12.2. The average molecular weight is 510 g/mol. The van der Waals surface area contributed by atoms with Crippen molar-refractivity contribution < 1.29 is 4.74 Å². The molecule has 1 heterocycles. The summed E-state index contributed by atoms with van der Waals surface area (Å²) in [4.78, 5) is 0. The van der Waals surface area contributed by atoms with Crippen LogP contribution in [0.15, 0.2) is 140 Å². The summed E-state index contributed by atoms with van der Waals surface area (Å²) in [5.74, 6) is 1.79. The number of hydrogen-bond acceptors (Lipinski definition) is 2. The van der Waals surface area contributed by atoms with E-state index in [0.717, 1.165) is 33.8 Å². The van der Waals surface area contributed by atoms with E-state index in [0.29, 0.717) is 5.56 Å². The summed E-state index contributed by atoms with van der Waals surface area (Å²) in [6, 6.07) is 51.2. The summed E-state index contributed by atoms with van der Waals surface area (Å²) >= 11 is 0. The molecule has 0 amide bonds. The molecular formula is C38H23NO. The highest BCUT2D eigenvalue weighted by atomic mass is 16.5. The minimum atomic E-state index is -0.435. The minimum absolute atomic E-state index is 0.435. The van der Waals surface area contributed by atoms with Crippen LogP contribution in [0, 0.1) is 11.3 Å². The standard InChI is InChI=1S/C38H23NO/c39-24-25-13-15-26(16-14-25)27-17-19-28(20-18-27)29-21-22-35-37(23-29)40-36-12-6-5-11-34(36)38(35)32-9-3-1-7-30(32)31-8-2-4-10-33(31)38/h1-23H. The van der Waals surface area contributed by atoms with Gasteiger partial charge in [0, 0.05) is 11.1 Å². The van der Waals surface area contributed by atoms with Gasteiger partial charge in [-0.2, -0.15) is 5.26 Å². The Hall–Kier alpha value is -5.39. The summed E-state index contributed by atoms with van der Waals surface area (Å²) in [6.45, 7) is 0. The molecule has 0 N–H and O–H groups in total. The molecule has 0 aromatic heterocycles. The van der Waals surface area contributed by atoms with Crippen LogP contribution in [-0.4, -0.2) is 0 Å². The number of fused-ring (bicyclic) bond motifs is 9. The van der Waals surface area contributed by atoms with Crippen LogP contribution in [0.1, 0.15) is 27.8 Å². The lowest BCUT2D eigenvalue weighted by Gasteiger charge is -2.39. The van der Waals surface area contributed by atoms with Crippen LogP contribution in [0.3, 0.4) is 0 Å². The van der Waals surface area contributed by atoms with Crippen molar-refractivity contribution in [1.29, 1.82) is 5.26 Å². The molecule has 2 heteroatoms. The van der Waals surface area contributed by atoms with Crippen molar-refractivity contribution in [1.82, 2.24) is 0 Å². The summed E-state index contributed by atoms with van der Waals surface area (Å²) in [5, 5.41) is 9.10. The first-order valence-electron chi connectivity index (χ1n) is 13.5. The van der Waals surface area contributed by atoms with E-state index in [1.54, 1.807) is 0 Å². The number of rotatable bonds is 2. The Morgan fingerprint density at radius 2 is 0.925 bits per heavy atom. The van der Waals surface area contributed by atoms with E-state index >= 15 is 0 Å². The zero-order valence-corrected chi connectivity index (χ0v) is 21.6. The van der Waals surface area contributed by atoms with E-state index < -0.39 is 5.41 Å². The smallest absolute Gasteiger partial charge is 0.132 e. The highest BCUT2D eigenvalue weighted by Gasteiger charge is 2.50. The zero-order chi connectivity index (χ0) is 26.7. The summed E-state index contributed by atoms with van der Waals surface area (Å²) < 4.78 is 6.64. The molecule has 186 valence electrons. The van der Waals surface area contributed by atoms with Crippen molar-refractivity contribution in [2.45, 2.75) is 5.41 Å². The van der Waals surface area contributed by atoms with Gasteiger partial charge < -0.3 is 4.74 Å². The fourth-order valence-corrected chi connectivity index (χ4v) is 6.63. The number of benzene rings is 6. The Bertz CT molecular complexity index is 1930. The van der Waals surface area contributed by atoms with Crippen LogP contribution < -0.4 is 4.74 Å².